The second-order valence-electron chi connectivity index (χ2n) is 7.06. The number of nitrogens with one attached hydrogen (secondary N) is 1. The van der Waals surface area contributed by atoms with E-state index in [9.17, 15) is 19.5 Å². The number of carboxylic acid groups (broad SMARTS) is 1. The van der Waals surface area contributed by atoms with E-state index in [1.165, 1.54) is 0 Å². The fourth-order valence-corrected chi connectivity index (χ4v) is 3.13. The Morgan fingerprint density at radius 2 is 1.67 bits per heavy atom. The number of allylic oxidation sites excluding steroid dienone is 2. The number of esters is 1. The largest absolute Gasteiger partial charge is 0.550 e. The molecule has 0 saturated heterocycles. The maximum Gasteiger partial charge on any atom is 0.338 e. The van der Waals surface area contributed by atoms with Crippen LogP contribution < -0.4 is 10.4 Å². The van der Waals surface area contributed by atoms with E-state index in [0.717, 1.165) is 24.0 Å². The normalized spacial score (nSPS) is 19.5. The average Bonchev–Trinajstić information content (AvgIpc) is 2.64. The first-order valence-corrected chi connectivity index (χ1v) is 9.27. The SMILES string of the molecule is CCCCOC(=O)c1ccc(NC(=O)[C@@H]2CC(C)=C(C)C[C@@H]2C(=O)[O-])cc1. The highest BCUT2D eigenvalue weighted by Gasteiger charge is 2.33. The second-order valence-corrected chi connectivity index (χ2v) is 7.06. The van der Waals surface area contributed by atoms with Gasteiger partial charge in [-0.15, -0.1) is 0 Å². The van der Waals surface area contributed by atoms with Crippen molar-refractivity contribution in [2.75, 3.05) is 11.9 Å². The minimum absolute atomic E-state index is 0.328. The number of hydrogen-bond acceptors (Lipinski definition) is 5. The standard InChI is InChI=1S/C21H27NO5/c1-4-5-10-27-21(26)15-6-8-16(9-7-15)22-19(23)17-11-13(2)14(3)12-18(17)20(24)25/h6-9,17-18H,4-5,10-12H2,1-3H3,(H,22,23)(H,24,25)/p-1/t17-,18+/m1/s1. The van der Waals surface area contributed by atoms with Crippen LogP contribution in [0.1, 0.15) is 56.8 Å². The lowest BCUT2D eigenvalue weighted by atomic mass is 9.76. The molecule has 0 saturated carbocycles. The number of carbonyl (C=O) groups is 3. The Hall–Kier alpha value is -2.63. The molecule has 1 amide bonds. The number of carboxylic acids is 1. The third-order valence-electron chi connectivity index (χ3n) is 5.03. The molecule has 0 radical (unpaired) electrons. The third-order valence-corrected chi connectivity index (χ3v) is 5.03. The number of unbranched alkanes of at least 4 members (excludes halogenated alkanes) is 1. The molecule has 6 heteroatoms. The average molecular weight is 372 g/mol. The summed E-state index contributed by atoms with van der Waals surface area (Å²) in [7, 11) is 0. The molecule has 2 atom stereocenters. The highest BCUT2D eigenvalue weighted by Crippen LogP contribution is 2.34. The number of aliphatic carboxylic acids is 1. The van der Waals surface area contributed by atoms with Gasteiger partial charge in [-0.05, 0) is 57.4 Å². The molecule has 1 aromatic rings. The van der Waals surface area contributed by atoms with Gasteiger partial charge < -0.3 is 20.0 Å². The van der Waals surface area contributed by atoms with Crippen LogP contribution in [0.2, 0.25) is 0 Å². The fraction of sp³-hybridized carbons (Fsp3) is 0.476. The van der Waals surface area contributed by atoms with Crippen LogP contribution >= 0.6 is 0 Å². The van der Waals surface area contributed by atoms with Gasteiger partial charge in [0.1, 0.15) is 0 Å². The van der Waals surface area contributed by atoms with Crippen molar-refractivity contribution in [3.05, 3.63) is 41.0 Å². The van der Waals surface area contributed by atoms with Crippen molar-refractivity contribution in [1.82, 2.24) is 0 Å². The van der Waals surface area contributed by atoms with Gasteiger partial charge in [0.05, 0.1) is 18.1 Å². The zero-order valence-corrected chi connectivity index (χ0v) is 16.0. The van der Waals surface area contributed by atoms with Crippen LogP contribution in [0.5, 0.6) is 0 Å². The van der Waals surface area contributed by atoms with Crippen molar-refractivity contribution in [2.24, 2.45) is 11.8 Å². The van der Waals surface area contributed by atoms with Gasteiger partial charge >= 0.3 is 5.97 Å². The number of carbonyl (C=O) groups excluding carboxylic acids is 3. The maximum absolute atomic E-state index is 12.6. The maximum atomic E-state index is 12.6. The van der Waals surface area contributed by atoms with E-state index in [2.05, 4.69) is 5.32 Å². The Morgan fingerprint density at radius 3 is 2.22 bits per heavy atom. The van der Waals surface area contributed by atoms with Gasteiger partial charge in [-0.3, -0.25) is 4.79 Å². The molecule has 6 nitrogen and oxygen atoms in total. The summed E-state index contributed by atoms with van der Waals surface area (Å²) in [6.45, 7) is 6.20. The zero-order valence-electron chi connectivity index (χ0n) is 16.0. The Labute approximate surface area is 159 Å². The van der Waals surface area contributed by atoms with Gasteiger partial charge in [0, 0.05) is 17.6 Å². The minimum Gasteiger partial charge on any atom is -0.550 e. The predicted molar refractivity (Wildman–Crippen MR) is 99.9 cm³/mol. The highest BCUT2D eigenvalue weighted by molar-refractivity contribution is 5.96. The van der Waals surface area contributed by atoms with Crippen LogP contribution in [0.15, 0.2) is 35.4 Å². The number of hydrogen-bond donors (Lipinski definition) is 1. The van der Waals surface area contributed by atoms with Gasteiger partial charge in [0.25, 0.3) is 0 Å². The van der Waals surface area contributed by atoms with E-state index >= 15 is 0 Å². The summed E-state index contributed by atoms with van der Waals surface area (Å²) in [6.07, 6.45) is 2.49. The summed E-state index contributed by atoms with van der Waals surface area (Å²) in [4.78, 5) is 35.9. The number of ether oxygens (including phenoxy) is 1. The summed E-state index contributed by atoms with van der Waals surface area (Å²) in [6, 6.07) is 6.38. The molecular weight excluding hydrogens is 346 g/mol. The van der Waals surface area contributed by atoms with Crippen LogP contribution in [-0.4, -0.2) is 24.5 Å². The molecule has 0 bridgehead atoms. The van der Waals surface area contributed by atoms with E-state index in [1.807, 2.05) is 20.8 Å². The molecular formula is C21H26NO5-. The monoisotopic (exact) mass is 372 g/mol. The van der Waals surface area contributed by atoms with Crippen LogP contribution in [0.3, 0.4) is 0 Å². The summed E-state index contributed by atoms with van der Waals surface area (Å²) in [5, 5.41) is 14.2. The Kier molecular flexibility index (Phi) is 7.16. The Morgan fingerprint density at radius 1 is 1.07 bits per heavy atom. The van der Waals surface area contributed by atoms with Crippen molar-refractivity contribution in [3.63, 3.8) is 0 Å². The molecule has 0 spiro atoms. The zero-order chi connectivity index (χ0) is 20.0. The van der Waals surface area contributed by atoms with Gasteiger partial charge in [-0.2, -0.15) is 0 Å². The molecule has 0 aliphatic heterocycles. The summed E-state index contributed by atoms with van der Waals surface area (Å²) < 4.78 is 5.14. The van der Waals surface area contributed by atoms with E-state index in [1.54, 1.807) is 24.3 Å². The Balaban J connectivity index is 2.02. The van der Waals surface area contributed by atoms with Crippen molar-refractivity contribution >= 4 is 23.5 Å². The van der Waals surface area contributed by atoms with Crippen LogP contribution in [-0.2, 0) is 14.3 Å². The first-order valence-electron chi connectivity index (χ1n) is 9.27. The summed E-state index contributed by atoms with van der Waals surface area (Å²) in [5.74, 6) is -3.46. The van der Waals surface area contributed by atoms with Crippen molar-refractivity contribution in [2.45, 2.75) is 46.5 Å². The molecule has 0 fully saturated rings. The number of rotatable bonds is 7. The van der Waals surface area contributed by atoms with Gasteiger partial charge in [-0.25, -0.2) is 4.79 Å². The summed E-state index contributed by atoms with van der Waals surface area (Å²) >= 11 is 0. The molecule has 1 aromatic carbocycles. The van der Waals surface area contributed by atoms with E-state index in [4.69, 9.17) is 4.74 Å². The predicted octanol–water partition coefficient (Wildman–Crippen LogP) is 2.69. The van der Waals surface area contributed by atoms with E-state index in [-0.39, 0.29) is 5.91 Å². The lowest BCUT2D eigenvalue weighted by molar-refractivity contribution is -0.313. The molecule has 1 N–H and O–H groups in total. The third kappa shape index (κ3) is 5.42. The lowest BCUT2D eigenvalue weighted by Gasteiger charge is -2.32. The smallest absolute Gasteiger partial charge is 0.338 e. The van der Waals surface area contributed by atoms with Crippen molar-refractivity contribution in [3.8, 4) is 0 Å². The topological polar surface area (TPSA) is 95.5 Å². The van der Waals surface area contributed by atoms with Crippen LogP contribution in [0.4, 0.5) is 5.69 Å². The van der Waals surface area contributed by atoms with Crippen molar-refractivity contribution in [1.29, 1.82) is 0 Å². The second kappa shape index (κ2) is 9.35. The molecule has 0 aromatic heterocycles. The van der Waals surface area contributed by atoms with Crippen molar-refractivity contribution < 1.29 is 24.2 Å². The van der Waals surface area contributed by atoms with Gasteiger partial charge in [0.2, 0.25) is 5.91 Å². The molecule has 27 heavy (non-hydrogen) atoms. The molecule has 1 aliphatic rings. The number of amides is 1. The molecule has 1 aliphatic carbocycles. The van der Waals surface area contributed by atoms with E-state index < -0.39 is 23.8 Å². The van der Waals surface area contributed by atoms with Gasteiger partial charge in [-0.1, -0.05) is 24.5 Å². The van der Waals surface area contributed by atoms with Crippen LogP contribution in [0.25, 0.3) is 0 Å². The van der Waals surface area contributed by atoms with Gasteiger partial charge in [0.15, 0.2) is 0 Å². The van der Waals surface area contributed by atoms with E-state index in [0.29, 0.717) is 30.7 Å². The number of anilines is 1. The first kappa shape index (κ1) is 20.7. The molecule has 0 unspecified atom stereocenters. The first-order chi connectivity index (χ1) is 12.8. The minimum atomic E-state index is -1.20. The Bertz CT molecular complexity index is 735. The fourth-order valence-electron chi connectivity index (χ4n) is 3.13. The van der Waals surface area contributed by atoms with Crippen LogP contribution in [0, 0.1) is 11.8 Å². The summed E-state index contributed by atoms with van der Waals surface area (Å²) in [5.41, 5.74) is 2.95. The quantitative estimate of drug-likeness (QED) is 0.451. The highest BCUT2D eigenvalue weighted by atomic mass is 16.5. The molecule has 2 rings (SSSR count). The number of benzene rings is 1. The molecule has 146 valence electrons. The molecule has 0 heterocycles. The lowest BCUT2D eigenvalue weighted by Crippen LogP contribution is -2.42.